The average Bonchev–Trinajstić information content (AvgIpc) is 2.75. The summed E-state index contributed by atoms with van der Waals surface area (Å²) >= 11 is 3.92. The number of benzene rings is 1. The van der Waals surface area contributed by atoms with Crippen LogP contribution in [-0.2, 0) is 0 Å². The van der Waals surface area contributed by atoms with E-state index in [9.17, 15) is 0 Å². The first-order valence-corrected chi connectivity index (χ1v) is 15.7. The van der Waals surface area contributed by atoms with Crippen LogP contribution >= 0.6 is 15.9 Å². The van der Waals surface area contributed by atoms with Crippen molar-refractivity contribution >= 4 is 48.3 Å². The Kier molecular flexibility index (Phi) is 5.64. The summed E-state index contributed by atoms with van der Waals surface area (Å²) in [5, 5.41) is 3.04. The van der Waals surface area contributed by atoms with Crippen LogP contribution in [0.5, 0.6) is 0 Å². The average molecular weight is 425 g/mol. The van der Waals surface area contributed by atoms with Crippen molar-refractivity contribution in [1.82, 2.24) is 4.23 Å². The van der Waals surface area contributed by atoms with Gasteiger partial charge in [0.05, 0.1) is 8.07 Å². The van der Waals surface area contributed by atoms with Crippen LogP contribution in [0.25, 0.3) is 10.9 Å². The third-order valence-electron chi connectivity index (χ3n) is 5.78. The van der Waals surface area contributed by atoms with Crippen LogP contribution in [-0.4, -0.2) is 20.5 Å². The van der Waals surface area contributed by atoms with E-state index in [-0.39, 0.29) is 0 Å². The van der Waals surface area contributed by atoms with Crippen molar-refractivity contribution in [2.24, 2.45) is 0 Å². The fraction of sp³-hybridized carbons (Fsp3) is 0.600. The standard InChI is InChI=1S/C20H34BrNSi2/c1-14(2)24(15(3)4,16(5)6)22-13-17(21)20-18(22)11-10-12-19(20)23(7,8)9/h10-16H,1-9H3. The molecule has 0 unspecified atom stereocenters. The summed E-state index contributed by atoms with van der Waals surface area (Å²) in [6, 6.07) is 6.98. The molecule has 1 heterocycles. The minimum atomic E-state index is -1.73. The summed E-state index contributed by atoms with van der Waals surface area (Å²) in [5.41, 5.74) is 3.56. The molecule has 0 amide bonds. The first-order chi connectivity index (χ1) is 11.0. The zero-order chi connectivity index (χ0) is 18.4. The lowest BCUT2D eigenvalue weighted by Gasteiger charge is -2.44. The van der Waals surface area contributed by atoms with Crippen LogP contribution in [0.3, 0.4) is 0 Å². The molecule has 0 N–H and O–H groups in total. The van der Waals surface area contributed by atoms with Crippen LogP contribution < -0.4 is 5.19 Å². The molecular formula is C20H34BrNSi2. The molecule has 0 spiro atoms. The van der Waals surface area contributed by atoms with E-state index < -0.39 is 16.3 Å². The monoisotopic (exact) mass is 423 g/mol. The second kappa shape index (κ2) is 6.77. The normalized spacial score (nSPS) is 13.7. The maximum Gasteiger partial charge on any atom is 0.169 e. The van der Waals surface area contributed by atoms with Gasteiger partial charge < -0.3 is 4.23 Å². The van der Waals surface area contributed by atoms with Gasteiger partial charge in [0.15, 0.2) is 8.24 Å². The minimum absolute atomic E-state index is 0.704. The van der Waals surface area contributed by atoms with Gasteiger partial charge >= 0.3 is 0 Å². The van der Waals surface area contributed by atoms with Crippen LogP contribution in [0.4, 0.5) is 0 Å². The fourth-order valence-corrected chi connectivity index (χ4v) is 14.2. The molecule has 4 heteroatoms. The van der Waals surface area contributed by atoms with Crippen LogP contribution in [0.2, 0.25) is 36.3 Å². The summed E-state index contributed by atoms with van der Waals surface area (Å²) in [6.45, 7) is 22.0. The number of nitrogens with zero attached hydrogens (tertiary/aromatic N) is 1. The molecule has 0 aliphatic carbocycles. The Hall–Kier alpha value is -0.326. The van der Waals surface area contributed by atoms with E-state index in [1.54, 1.807) is 5.19 Å². The molecular weight excluding hydrogens is 390 g/mol. The lowest BCUT2D eigenvalue weighted by atomic mass is 10.2. The van der Waals surface area contributed by atoms with Crippen molar-refractivity contribution in [2.45, 2.75) is 77.8 Å². The van der Waals surface area contributed by atoms with E-state index in [4.69, 9.17) is 0 Å². The number of fused-ring (bicyclic) bond motifs is 1. The highest BCUT2D eigenvalue weighted by Crippen LogP contribution is 2.45. The second-order valence-corrected chi connectivity index (χ2v) is 20.8. The van der Waals surface area contributed by atoms with E-state index in [0.29, 0.717) is 16.6 Å². The summed E-state index contributed by atoms with van der Waals surface area (Å²) in [7, 11) is -3.11. The third-order valence-corrected chi connectivity index (χ3v) is 15.2. The Morgan fingerprint density at radius 1 is 0.875 bits per heavy atom. The molecule has 0 saturated carbocycles. The van der Waals surface area contributed by atoms with Crippen molar-refractivity contribution in [2.75, 3.05) is 0 Å². The van der Waals surface area contributed by atoms with Crippen molar-refractivity contribution in [1.29, 1.82) is 0 Å². The lowest BCUT2D eigenvalue weighted by Crippen LogP contribution is -2.51. The summed E-state index contributed by atoms with van der Waals surface area (Å²) in [6.07, 6.45) is 2.42. The predicted octanol–water partition coefficient (Wildman–Crippen LogP) is 6.97. The largest absolute Gasteiger partial charge is 0.372 e. The third kappa shape index (κ3) is 2.99. The van der Waals surface area contributed by atoms with Crippen molar-refractivity contribution in [3.63, 3.8) is 0 Å². The summed E-state index contributed by atoms with van der Waals surface area (Å²) in [5.74, 6) is 0. The van der Waals surface area contributed by atoms with Crippen molar-refractivity contribution < 1.29 is 0 Å². The molecule has 134 valence electrons. The summed E-state index contributed by atoms with van der Waals surface area (Å²) in [4.78, 5) is 0. The molecule has 1 aromatic heterocycles. The number of rotatable bonds is 5. The SMILES string of the molecule is CC(C)[Si](C(C)C)(C(C)C)n1cc(Br)c2c([Si](C)(C)C)cccc21. The molecule has 0 bridgehead atoms. The van der Waals surface area contributed by atoms with Gasteiger partial charge in [0, 0.05) is 21.6 Å². The van der Waals surface area contributed by atoms with Gasteiger partial charge in [-0.2, -0.15) is 0 Å². The molecule has 0 aliphatic heterocycles. The first kappa shape index (κ1) is 20.0. The molecule has 2 aromatic rings. The molecule has 0 radical (unpaired) electrons. The van der Waals surface area contributed by atoms with E-state index in [2.05, 4.69) is 106 Å². The molecule has 24 heavy (non-hydrogen) atoms. The minimum Gasteiger partial charge on any atom is -0.372 e. The van der Waals surface area contributed by atoms with Gasteiger partial charge in [-0.15, -0.1) is 0 Å². The number of aromatic nitrogens is 1. The van der Waals surface area contributed by atoms with Gasteiger partial charge in [-0.25, -0.2) is 0 Å². The smallest absolute Gasteiger partial charge is 0.169 e. The zero-order valence-electron chi connectivity index (χ0n) is 16.9. The van der Waals surface area contributed by atoms with E-state index in [1.807, 2.05) is 0 Å². The number of halogens is 1. The maximum absolute atomic E-state index is 3.92. The Morgan fingerprint density at radius 2 is 1.38 bits per heavy atom. The highest BCUT2D eigenvalue weighted by Gasteiger charge is 2.46. The van der Waals surface area contributed by atoms with Gasteiger partial charge in [-0.1, -0.05) is 73.3 Å². The van der Waals surface area contributed by atoms with Crippen LogP contribution in [0.15, 0.2) is 28.9 Å². The van der Waals surface area contributed by atoms with Gasteiger partial charge in [0.25, 0.3) is 0 Å². The van der Waals surface area contributed by atoms with Gasteiger partial charge in [0.1, 0.15) is 0 Å². The van der Waals surface area contributed by atoms with Crippen molar-refractivity contribution in [3.05, 3.63) is 28.9 Å². The molecule has 0 saturated heterocycles. The fourth-order valence-electron chi connectivity index (χ4n) is 5.02. The zero-order valence-corrected chi connectivity index (χ0v) is 20.5. The van der Waals surface area contributed by atoms with Crippen LogP contribution in [0, 0.1) is 0 Å². The molecule has 0 aliphatic rings. The Morgan fingerprint density at radius 3 is 1.79 bits per heavy atom. The van der Waals surface area contributed by atoms with E-state index in [1.165, 1.54) is 15.4 Å². The van der Waals surface area contributed by atoms with Gasteiger partial charge in [0.2, 0.25) is 0 Å². The van der Waals surface area contributed by atoms with E-state index >= 15 is 0 Å². The lowest BCUT2D eigenvalue weighted by molar-refractivity contribution is 0.772. The van der Waals surface area contributed by atoms with Crippen molar-refractivity contribution in [3.8, 4) is 0 Å². The molecule has 0 fully saturated rings. The maximum atomic E-state index is 3.92. The molecule has 2 rings (SSSR count). The Labute approximate surface area is 159 Å². The quantitative estimate of drug-likeness (QED) is 0.457. The van der Waals surface area contributed by atoms with Crippen LogP contribution in [0.1, 0.15) is 41.5 Å². The molecule has 1 aromatic carbocycles. The second-order valence-electron chi connectivity index (χ2n) is 9.15. The first-order valence-electron chi connectivity index (χ1n) is 9.26. The van der Waals surface area contributed by atoms with Gasteiger partial charge in [-0.05, 0) is 43.8 Å². The Balaban J connectivity index is 2.92. The predicted molar refractivity (Wildman–Crippen MR) is 119 cm³/mol. The van der Waals surface area contributed by atoms with Gasteiger partial charge in [-0.3, -0.25) is 0 Å². The Bertz CT molecular complexity index is 701. The topological polar surface area (TPSA) is 4.93 Å². The molecule has 0 atom stereocenters. The van der Waals surface area contributed by atoms with E-state index in [0.717, 1.165) is 0 Å². The highest BCUT2D eigenvalue weighted by atomic mass is 79.9. The summed E-state index contributed by atoms with van der Waals surface area (Å²) < 4.78 is 4.02. The number of hydrogen-bond donors (Lipinski definition) is 0. The highest BCUT2D eigenvalue weighted by molar-refractivity contribution is 9.10. The number of hydrogen-bond acceptors (Lipinski definition) is 0. The molecule has 1 nitrogen and oxygen atoms in total.